The van der Waals surface area contributed by atoms with Gasteiger partial charge in [-0.1, -0.05) is 36.4 Å². The van der Waals surface area contributed by atoms with Crippen LogP contribution in [-0.4, -0.2) is 31.7 Å². The first-order valence-corrected chi connectivity index (χ1v) is 8.87. The highest BCUT2D eigenvalue weighted by Gasteiger charge is 2.20. The molecule has 0 spiro atoms. The fourth-order valence-electron chi connectivity index (χ4n) is 2.79. The highest BCUT2D eigenvalue weighted by Crippen LogP contribution is 2.23. The number of nitrogens with one attached hydrogen (secondary N) is 2. The molecule has 1 aromatic heterocycles. The molecule has 1 amide bonds. The number of rotatable bonds is 6. The SMILES string of the molecule is Cl.O=C(CC1COCCN1)NC(Cc1ccccc1)c1cccs1. The Morgan fingerprint density at radius 1 is 1.29 bits per heavy atom. The van der Waals surface area contributed by atoms with Gasteiger partial charge >= 0.3 is 0 Å². The number of carbonyl (C=O) groups excluding carboxylic acids is 1. The Balaban J connectivity index is 0.00000208. The maximum absolute atomic E-state index is 12.4. The second kappa shape index (κ2) is 9.79. The summed E-state index contributed by atoms with van der Waals surface area (Å²) >= 11 is 1.68. The number of benzene rings is 1. The summed E-state index contributed by atoms with van der Waals surface area (Å²) < 4.78 is 5.42. The maximum atomic E-state index is 12.4. The molecule has 1 aromatic carbocycles. The Morgan fingerprint density at radius 3 is 2.79 bits per heavy atom. The number of carbonyl (C=O) groups is 1. The van der Waals surface area contributed by atoms with E-state index in [2.05, 4.69) is 34.2 Å². The molecule has 3 rings (SSSR count). The predicted molar refractivity (Wildman–Crippen MR) is 99.8 cm³/mol. The standard InChI is InChI=1S/C18H22N2O2S.ClH/c21-18(12-15-13-22-9-8-19-15)20-16(17-7-4-10-23-17)11-14-5-2-1-3-6-14;/h1-7,10,15-16,19H,8-9,11-13H2,(H,20,21);1H. The third-order valence-electron chi connectivity index (χ3n) is 3.93. The summed E-state index contributed by atoms with van der Waals surface area (Å²) in [5.41, 5.74) is 1.23. The highest BCUT2D eigenvalue weighted by molar-refractivity contribution is 7.10. The molecule has 0 radical (unpaired) electrons. The van der Waals surface area contributed by atoms with Crippen LogP contribution in [0, 0.1) is 0 Å². The Morgan fingerprint density at radius 2 is 2.12 bits per heavy atom. The molecule has 1 aliphatic heterocycles. The molecule has 24 heavy (non-hydrogen) atoms. The summed E-state index contributed by atoms with van der Waals surface area (Å²) in [6, 6.07) is 14.5. The molecule has 130 valence electrons. The van der Waals surface area contributed by atoms with Crippen molar-refractivity contribution in [2.24, 2.45) is 0 Å². The van der Waals surface area contributed by atoms with Crippen LogP contribution in [0.2, 0.25) is 0 Å². The van der Waals surface area contributed by atoms with E-state index < -0.39 is 0 Å². The van der Waals surface area contributed by atoms with Gasteiger partial charge in [-0.05, 0) is 23.4 Å². The summed E-state index contributed by atoms with van der Waals surface area (Å²) in [5, 5.41) is 8.57. The second-order valence-electron chi connectivity index (χ2n) is 5.76. The minimum atomic E-state index is 0. The fourth-order valence-corrected chi connectivity index (χ4v) is 3.57. The van der Waals surface area contributed by atoms with Crippen LogP contribution < -0.4 is 10.6 Å². The molecule has 1 saturated heterocycles. The van der Waals surface area contributed by atoms with Gasteiger partial charge in [-0.25, -0.2) is 0 Å². The van der Waals surface area contributed by atoms with Gasteiger partial charge in [0.25, 0.3) is 0 Å². The lowest BCUT2D eigenvalue weighted by molar-refractivity contribution is -0.123. The number of hydrogen-bond acceptors (Lipinski definition) is 4. The van der Waals surface area contributed by atoms with Crippen molar-refractivity contribution in [1.82, 2.24) is 10.6 Å². The first-order valence-electron chi connectivity index (χ1n) is 7.99. The van der Waals surface area contributed by atoms with Crippen molar-refractivity contribution in [1.29, 1.82) is 0 Å². The van der Waals surface area contributed by atoms with Gasteiger partial charge < -0.3 is 15.4 Å². The number of morpholine rings is 1. The lowest BCUT2D eigenvalue weighted by atomic mass is 10.0. The molecule has 2 aromatic rings. The summed E-state index contributed by atoms with van der Waals surface area (Å²) in [6.07, 6.45) is 1.26. The van der Waals surface area contributed by atoms with E-state index in [0.717, 1.165) is 19.6 Å². The predicted octanol–water partition coefficient (Wildman–Crippen LogP) is 2.95. The molecular weight excluding hydrogens is 344 g/mol. The van der Waals surface area contributed by atoms with E-state index in [9.17, 15) is 4.79 Å². The van der Waals surface area contributed by atoms with Crippen molar-refractivity contribution >= 4 is 29.7 Å². The van der Waals surface area contributed by atoms with Crippen LogP contribution in [0.25, 0.3) is 0 Å². The zero-order chi connectivity index (χ0) is 15.9. The van der Waals surface area contributed by atoms with Gasteiger partial charge in [0.1, 0.15) is 0 Å². The largest absolute Gasteiger partial charge is 0.378 e. The average molecular weight is 367 g/mol. The normalized spacial score (nSPS) is 18.4. The number of halogens is 1. The summed E-state index contributed by atoms with van der Waals surface area (Å²) in [4.78, 5) is 13.6. The molecule has 0 saturated carbocycles. The molecule has 2 N–H and O–H groups in total. The van der Waals surface area contributed by atoms with Crippen LogP contribution in [0.4, 0.5) is 0 Å². The van der Waals surface area contributed by atoms with Gasteiger partial charge in [-0.3, -0.25) is 4.79 Å². The number of ether oxygens (including phenoxy) is 1. The van der Waals surface area contributed by atoms with Crippen LogP contribution in [0.1, 0.15) is 22.9 Å². The number of hydrogen-bond donors (Lipinski definition) is 2. The quantitative estimate of drug-likeness (QED) is 0.826. The number of thiophene rings is 1. The molecule has 6 heteroatoms. The molecule has 2 unspecified atom stereocenters. The van der Waals surface area contributed by atoms with Crippen molar-refractivity contribution in [2.45, 2.75) is 24.9 Å². The molecule has 0 bridgehead atoms. The molecule has 1 aliphatic rings. The van der Waals surface area contributed by atoms with Crippen LogP contribution in [0.5, 0.6) is 0 Å². The van der Waals surface area contributed by atoms with E-state index in [1.807, 2.05) is 24.3 Å². The molecule has 1 fully saturated rings. The Labute approximate surface area is 153 Å². The van der Waals surface area contributed by atoms with Gasteiger partial charge in [0.05, 0.1) is 19.3 Å². The lowest BCUT2D eigenvalue weighted by Crippen LogP contribution is -2.44. The molecular formula is C18H23ClN2O2S. The smallest absolute Gasteiger partial charge is 0.222 e. The zero-order valence-electron chi connectivity index (χ0n) is 13.4. The molecule has 2 heterocycles. The maximum Gasteiger partial charge on any atom is 0.222 e. The summed E-state index contributed by atoms with van der Waals surface area (Å²) in [7, 11) is 0. The van der Waals surface area contributed by atoms with Crippen molar-refractivity contribution in [2.75, 3.05) is 19.8 Å². The van der Waals surface area contributed by atoms with Crippen LogP contribution >= 0.6 is 23.7 Å². The Hall–Kier alpha value is -1.40. The van der Waals surface area contributed by atoms with Crippen molar-refractivity contribution in [3.05, 3.63) is 58.3 Å². The summed E-state index contributed by atoms with van der Waals surface area (Å²) in [6.45, 7) is 2.15. The van der Waals surface area contributed by atoms with Crippen LogP contribution in [0.15, 0.2) is 47.8 Å². The average Bonchev–Trinajstić information content (AvgIpc) is 3.10. The molecule has 2 atom stereocenters. The van der Waals surface area contributed by atoms with Gasteiger partial charge in [0, 0.05) is 23.9 Å². The van der Waals surface area contributed by atoms with E-state index in [1.54, 1.807) is 11.3 Å². The van der Waals surface area contributed by atoms with E-state index >= 15 is 0 Å². The van der Waals surface area contributed by atoms with E-state index in [1.165, 1.54) is 10.4 Å². The highest BCUT2D eigenvalue weighted by atomic mass is 35.5. The molecule has 0 aliphatic carbocycles. The van der Waals surface area contributed by atoms with Crippen molar-refractivity contribution in [3.63, 3.8) is 0 Å². The Kier molecular flexibility index (Phi) is 7.72. The number of amides is 1. The first kappa shape index (κ1) is 18.9. The van der Waals surface area contributed by atoms with Gasteiger partial charge in [0.2, 0.25) is 5.91 Å². The van der Waals surface area contributed by atoms with E-state index in [0.29, 0.717) is 13.0 Å². The minimum Gasteiger partial charge on any atom is -0.378 e. The Bertz CT molecular complexity index is 601. The zero-order valence-corrected chi connectivity index (χ0v) is 15.1. The lowest BCUT2D eigenvalue weighted by Gasteiger charge is -2.24. The summed E-state index contributed by atoms with van der Waals surface area (Å²) in [5.74, 6) is 0.0716. The van der Waals surface area contributed by atoms with Crippen molar-refractivity contribution in [3.8, 4) is 0 Å². The van der Waals surface area contributed by atoms with Crippen molar-refractivity contribution < 1.29 is 9.53 Å². The van der Waals surface area contributed by atoms with Crippen LogP contribution in [0.3, 0.4) is 0 Å². The van der Waals surface area contributed by atoms with Crippen LogP contribution in [-0.2, 0) is 16.0 Å². The van der Waals surface area contributed by atoms with Gasteiger partial charge in [0.15, 0.2) is 0 Å². The third-order valence-corrected chi connectivity index (χ3v) is 4.92. The topological polar surface area (TPSA) is 50.4 Å². The third kappa shape index (κ3) is 5.60. The van der Waals surface area contributed by atoms with E-state index in [4.69, 9.17) is 4.74 Å². The monoisotopic (exact) mass is 366 g/mol. The minimum absolute atomic E-state index is 0. The van der Waals surface area contributed by atoms with E-state index in [-0.39, 0.29) is 30.4 Å². The fraction of sp³-hybridized carbons (Fsp3) is 0.389. The molecule has 4 nitrogen and oxygen atoms in total. The second-order valence-corrected chi connectivity index (χ2v) is 6.73. The van der Waals surface area contributed by atoms with Gasteiger partial charge in [-0.15, -0.1) is 23.7 Å². The first-order chi connectivity index (χ1) is 11.3. The van der Waals surface area contributed by atoms with Gasteiger partial charge in [-0.2, -0.15) is 0 Å².